The van der Waals surface area contributed by atoms with Crippen molar-refractivity contribution in [1.82, 2.24) is 19.7 Å². The summed E-state index contributed by atoms with van der Waals surface area (Å²) in [4.78, 5) is 23.0. The molecule has 0 saturated heterocycles. The van der Waals surface area contributed by atoms with Gasteiger partial charge in [-0.1, -0.05) is 18.2 Å². The van der Waals surface area contributed by atoms with Gasteiger partial charge in [0.05, 0.1) is 6.54 Å². The zero-order valence-corrected chi connectivity index (χ0v) is 14.3. The van der Waals surface area contributed by atoms with Crippen LogP contribution >= 0.6 is 0 Å². The molecule has 0 bridgehead atoms. The summed E-state index contributed by atoms with van der Waals surface area (Å²) in [6.07, 6.45) is 1.63. The Labute approximate surface area is 150 Å². The lowest BCUT2D eigenvalue weighted by Crippen LogP contribution is -2.41. The average molecular weight is 350 g/mol. The van der Waals surface area contributed by atoms with E-state index in [4.69, 9.17) is 4.74 Å². The number of hydrogen-bond acceptors (Lipinski definition) is 6. The van der Waals surface area contributed by atoms with Crippen molar-refractivity contribution in [3.05, 3.63) is 60.0 Å². The molecule has 0 radical (unpaired) electrons. The van der Waals surface area contributed by atoms with E-state index in [-0.39, 0.29) is 5.91 Å². The highest BCUT2D eigenvalue weighted by Gasteiger charge is 2.29. The highest BCUT2D eigenvalue weighted by Crippen LogP contribution is 2.20. The normalized spacial score (nSPS) is 13.4. The molecule has 1 aromatic carbocycles. The first-order valence-corrected chi connectivity index (χ1v) is 8.32. The maximum Gasteiger partial charge on any atom is 0.278 e. The van der Waals surface area contributed by atoms with Crippen LogP contribution in [-0.4, -0.2) is 39.2 Å². The minimum Gasteiger partial charge on any atom is -0.487 e. The maximum atomic E-state index is 12.8. The third kappa shape index (κ3) is 3.08. The molecular weight excluding hydrogens is 332 g/mol. The first-order valence-electron chi connectivity index (χ1n) is 8.32. The van der Waals surface area contributed by atoms with Gasteiger partial charge in [0, 0.05) is 19.8 Å². The molecule has 0 aliphatic carbocycles. The number of hydrogen-bond donors (Lipinski definition) is 1. The quantitative estimate of drug-likeness (QED) is 0.757. The molecular formula is C18H18N6O2. The van der Waals surface area contributed by atoms with Crippen LogP contribution in [0.15, 0.2) is 48.7 Å². The van der Waals surface area contributed by atoms with Gasteiger partial charge in [-0.15, -0.1) is 0 Å². The van der Waals surface area contributed by atoms with Gasteiger partial charge >= 0.3 is 0 Å². The number of carbonyl (C=O) groups is 1. The zero-order valence-electron chi connectivity index (χ0n) is 14.3. The molecule has 3 aromatic rings. The van der Waals surface area contributed by atoms with E-state index >= 15 is 0 Å². The third-order valence-corrected chi connectivity index (χ3v) is 4.10. The van der Waals surface area contributed by atoms with Gasteiger partial charge in [-0.05, 0) is 24.3 Å². The number of fused-ring (bicyclic) bond motifs is 1. The molecule has 0 fully saturated rings. The van der Waals surface area contributed by atoms with E-state index < -0.39 is 0 Å². The second-order valence-electron chi connectivity index (χ2n) is 5.79. The molecule has 26 heavy (non-hydrogen) atoms. The van der Waals surface area contributed by atoms with Crippen LogP contribution in [0.25, 0.3) is 0 Å². The zero-order chi connectivity index (χ0) is 17.9. The first kappa shape index (κ1) is 16.1. The molecule has 3 heterocycles. The van der Waals surface area contributed by atoms with Crippen molar-refractivity contribution in [2.24, 2.45) is 0 Å². The van der Waals surface area contributed by atoms with E-state index in [1.54, 1.807) is 35.0 Å². The lowest BCUT2D eigenvalue weighted by Gasteiger charge is -2.25. The van der Waals surface area contributed by atoms with E-state index in [9.17, 15) is 4.79 Å². The molecule has 1 amide bonds. The van der Waals surface area contributed by atoms with Crippen molar-refractivity contribution in [3.63, 3.8) is 0 Å². The summed E-state index contributed by atoms with van der Waals surface area (Å²) in [5.41, 5.74) is 1.23. The van der Waals surface area contributed by atoms with Crippen molar-refractivity contribution in [2.75, 3.05) is 23.8 Å². The molecule has 8 heteroatoms. The topological polar surface area (TPSA) is 85.2 Å². The van der Waals surface area contributed by atoms with Crippen molar-refractivity contribution < 1.29 is 9.53 Å². The van der Waals surface area contributed by atoms with Crippen LogP contribution in [0.5, 0.6) is 5.75 Å². The molecule has 1 aliphatic rings. The van der Waals surface area contributed by atoms with Crippen molar-refractivity contribution >= 4 is 17.7 Å². The molecule has 132 valence electrons. The summed E-state index contributed by atoms with van der Waals surface area (Å²) >= 11 is 0. The van der Waals surface area contributed by atoms with Gasteiger partial charge < -0.3 is 10.1 Å². The van der Waals surface area contributed by atoms with Gasteiger partial charge in [-0.3, -0.25) is 14.4 Å². The van der Waals surface area contributed by atoms with Crippen molar-refractivity contribution in [3.8, 4) is 5.75 Å². The van der Waals surface area contributed by atoms with Crippen LogP contribution in [0, 0.1) is 0 Å². The molecule has 0 saturated carbocycles. The number of anilines is 2. The number of aromatic nitrogens is 4. The second kappa shape index (κ2) is 6.83. The van der Waals surface area contributed by atoms with E-state index in [1.807, 2.05) is 30.3 Å². The Morgan fingerprint density at radius 3 is 2.85 bits per heavy atom. The smallest absolute Gasteiger partial charge is 0.278 e. The predicted octanol–water partition coefficient (Wildman–Crippen LogP) is 1.95. The van der Waals surface area contributed by atoms with E-state index in [0.29, 0.717) is 42.9 Å². The summed E-state index contributed by atoms with van der Waals surface area (Å²) in [5.74, 6) is 1.65. The summed E-state index contributed by atoms with van der Waals surface area (Å²) in [7, 11) is 1.78. The van der Waals surface area contributed by atoms with Gasteiger partial charge in [-0.25, -0.2) is 4.98 Å². The van der Waals surface area contributed by atoms with Crippen molar-refractivity contribution in [1.29, 1.82) is 0 Å². The lowest BCUT2D eigenvalue weighted by atomic mass is 10.2. The Hall–Kier alpha value is -3.42. The van der Waals surface area contributed by atoms with Gasteiger partial charge in [0.1, 0.15) is 29.6 Å². The predicted molar refractivity (Wildman–Crippen MR) is 96.3 cm³/mol. The standard InChI is InChI=1S/C18H18N6O2/c1-19-16-7-8-20-18(21-16)23-9-10-24-15(17(23)25)11-13(22-24)12-26-14-5-3-2-4-6-14/h2-8,11H,9-10,12H2,1H3,(H,19,20,21). The van der Waals surface area contributed by atoms with E-state index in [2.05, 4.69) is 20.4 Å². The fraction of sp³-hybridized carbons (Fsp3) is 0.222. The van der Waals surface area contributed by atoms with Gasteiger partial charge in [0.2, 0.25) is 5.95 Å². The fourth-order valence-electron chi connectivity index (χ4n) is 2.80. The number of para-hydroxylation sites is 1. The Bertz CT molecular complexity index is 924. The van der Waals surface area contributed by atoms with Crippen molar-refractivity contribution in [2.45, 2.75) is 13.2 Å². The molecule has 0 atom stereocenters. The van der Waals surface area contributed by atoms with Gasteiger partial charge in [0.25, 0.3) is 5.91 Å². The number of benzene rings is 1. The molecule has 0 unspecified atom stereocenters. The minimum atomic E-state index is -0.164. The molecule has 2 aromatic heterocycles. The molecule has 0 spiro atoms. The largest absolute Gasteiger partial charge is 0.487 e. The number of nitrogens with zero attached hydrogens (tertiary/aromatic N) is 5. The average Bonchev–Trinajstić information content (AvgIpc) is 3.12. The Kier molecular flexibility index (Phi) is 4.22. The number of carbonyl (C=O) groups excluding carboxylic acids is 1. The van der Waals surface area contributed by atoms with Crippen LogP contribution in [0.3, 0.4) is 0 Å². The summed E-state index contributed by atoms with van der Waals surface area (Å²) in [5, 5.41) is 7.42. The molecule has 1 aliphatic heterocycles. The summed E-state index contributed by atoms with van der Waals surface area (Å²) < 4.78 is 7.43. The van der Waals surface area contributed by atoms with Gasteiger partial charge in [-0.2, -0.15) is 10.1 Å². The SMILES string of the molecule is CNc1ccnc(N2CCn3nc(COc4ccccc4)cc3C2=O)n1. The van der Waals surface area contributed by atoms with E-state index in [0.717, 1.165) is 5.75 Å². The number of ether oxygens (including phenoxy) is 1. The summed E-state index contributed by atoms with van der Waals surface area (Å²) in [6.45, 7) is 1.36. The fourth-order valence-corrected chi connectivity index (χ4v) is 2.80. The van der Waals surface area contributed by atoms with Crippen LogP contribution in [0.2, 0.25) is 0 Å². The third-order valence-electron chi connectivity index (χ3n) is 4.10. The monoisotopic (exact) mass is 350 g/mol. The highest BCUT2D eigenvalue weighted by atomic mass is 16.5. The van der Waals surface area contributed by atoms with Crippen LogP contribution in [0.1, 0.15) is 16.2 Å². The van der Waals surface area contributed by atoms with E-state index in [1.165, 1.54) is 0 Å². The van der Waals surface area contributed by atoms with Gasteiger partial charge in [0.15, 0.2) is 0 Å². The molecule has 1 N–H and O–H groups in total. The number of rotatable bonds is 5. The lowest BCUT2D eigenvalue weighted by molar-refractivity contribution is 0.0960. The maximum absolute atomic E-state index is 12.8. The number of nitrogens with one attached hydrogen (secondary N) is 1. The highest BCUT2D eigenvalue weighted by molar-refractivity contribution is 6.04. The Morgan fingerprint density at radius 1 is 1.19 bits per heavy atom. The molecule has 8 nitrogen and oxygen atoms in total. The number of amides is 1. The summed E-state index contributed by atoms with van der Waals surface area (Å²) in [6, 6.07) is 13.0. The Balaban J connectivity index is 1.52. The minimum absolute atomic E-state index is 0.164. The van der Waals surface area contributed by atoms with Crippen LogP contribution < -0.4 is 15.0 Å². The van der Waals surface area contributed by atoms with Crippen LogP contribution in [0.4, 0.5) is 11.8 Å². The Morgan fingerprint density at radius 2 is 2.04 bits per heavy atom. The first-order chi connectivity index (χ1) is 12.7. The molecule has 4 rings (SSSR count). The van der Waals surface area contributed by atoms with Crippen LogP contribution in [-0.2, 0) is 13.2 Å². The second-order valence-corrected chi connectivity index (χ2v) is 5.79.